The summed E-state index contributed by atoms with van der Waals surface area (Å²) in [6, 6.07) is 7.57. The van der Waals surface area contributed by atoms with Crippen LogP contribution in [-0.2, 0) is 0 Å². The molecule has 0 amide bonds. The van der Waals surface area contributed by atoms with Gasteiger partial charge in [-0.25, -0.2) is 9.97 Å². The van der Waals surface area contributed by atoms with Gasteiger partial charge in [0.15, 0.2) is 0 Å². The van der Waals surface area contributed by atoms with Crippen molar-refractivity contribution in [2.24, 2.45) is 0 Å². The average molecular weight is 259 g/mol. The Hall–Kier alpha value is -2.14. The molecule has 0 aliphatic rings. The van der Waals surface area contributed by atoms with Crippen LogP contribution in [0.15, 0.2) is 36.8 Å². The van der Waals surface area contributed by atoms with Crippen LogP contribution in [0.5, 0.6) is 11.5 Å². The van der Waals surface area contributed by atoms with Gasteiger partial charge in [-0.1, -0.05) is 0 Å². The minimum Gasteiger partial charge on any atom is -0.497 e. The van der Waals surface area contributed by atoms with Gasteiger partial charge in [-0.2, -0.15) is 0 Å². The highest BCUT2D eigenvalue weighted by Crippen LogP contribution is 2.31. The smallest absolute Gasteiger partial charge is 0.127 e. The van der Waals surface area contributed by atoms with E-state index < -0.39 is 0 Å². The van der Waals surface area contributed by atoms with Crippen LogP contribution < -0.4 is 14.8 Å². The van der Waals surface area contributed by atoms with E-state index >= 15 is 0 Å². The molecule has 100 valence electrons. The second-order valence-corrected chi connectivity index (χ2v) is 3.96. The van der Waals surface area contributed by atoms with Crippen LogP contribution in [-0.4, -0.2) is 31.2 Å². The summed E-state index contributed by atoms with van der Waals surface area (Å²) in [4.78, 5) is 8.22. The Morgan fingerprint density at radius 3 is 2.58 bits per heavy atom. The van der Waals surface area contributed by atoms with Gasteiger partial charge in [0.1, 0.15) is 17.8 Å². The Morgan fingerprint density at radius 2 is 2.00 bits per heavy atom. The molecule has 1 atom stereocenters. The van der Waals surface area contributed by atoms with Crippen LogP contribution in [0.25, 0.3) is 0 Å². The monoisotopic (exact) mass is 259 g/mol. The number of nitrogens with one attached hydrogen (secondary N) is 1. The predicted molar refractivity (Wildman–Crippen MR) is 72.5 cm³/mol. The van der Waals surface area contributed by atoms with Crippen molar-refractivity contribution < 1.29 is 9.47 Å². The summed E-state index contributed by atoms with van der Waals surface area (Å²) in [5.41, 5.74) is 1.89. The Bertz CT molecular complexity index is 531. The Morgan fingerprint density at radius 1 is 1.16 bits per heavy atom. The van der Waals surface area contributed by atoms with Gasteiger partial charge in [0.2, 0.25) is 0 Å². The van der Waals surface area contributed by atoms with Crippen LogP contribution in [0.3, 0.4) is 0 Å². The molecular weight excluding hydrogens is 242 g/mol. The lowest BCUT2D eigenvalue weighted by atomic mass is 10.0. The summed E-state index contributed by atoms with van der Waals surface area (Å²) in [7, 11) is 5.16. The molecule has 0 saturated heterocycles. The molecule has 0 radical (unpaired) electrons. The Balaban J connectivity index is 2.43. The lowest BCUT2D eigenvalue weighted by Crippen LogP contribution is -2.19. The number of benzene rings is 1. The second kappa shape index (κ2) is 6.15. The van der Waals surface area contributed by atoms with Crippen molar-refractivity contribution >= 4 is 0 Å². The average Bonchev–Trinajstić information content (AvgIpc) is 2.49. The number of hydrogen-bond donors (Lipinski definition) is 1. The molecule has 0 saturated carbocycles. The molecule has 1 N–H and O–H groups in total. The zero-order valence-electron chi connectivity index (χ0n) is 11.3. The summed E-state index contributed by atoms with van der Waals surface area (Å²) in [6.07, 6.45) is 3.26. The molecule has 1 unspecified atom stereocenters. The van der Waals surface area contributed by atoms with Crippen LogP contribution in [0.4, 0.5) is 0 Å². The van der Waals surface area contributed by atoms with E-state index in [-0.39, 0.29) is 6.04 Å². The van der Waals surface area contributed by atoms with E-state index in [1.807, 2.05) is 31.3 Å². The fourth-order valence-corrected chi connectivity index (χ4v) is 1.99. The van der Waals surface area contributed by atoms with Crippen LogP contribution in [0.1, 0.15) is 17.3 Å². The number of ether oxygens (including phenoxy) is 2. The molecule has 0 fully saturated rings. The van der Waals surface area contributed by atoms with Crippen molar-refractivity contribution in [3.63, 3.8) is 0 Å². The summed E-state index contributed by atoms with van der Waals surface area (Å²) in [6.45, 7) is 0. The van der Waals surface area contributed by atoms with Crippen molar-refractivity contribution in [1.82, 2.24) is 15.3 Å². The maximum absolute atomic E-state index is 5.43. The molecule has 1 aromatic heterocycles. The van der Waals surface area contributed by atoms with E-state index in [4.69, 9.17) is 9.47 Å². The number of rotatable bonds is 5. The molecule has 0 aliphatic carbocycles. The van der Waals surface area contributed by atoms with Gasteiger partial charge < -0.3 is 14.8 Å². The van der Waals surface area contributed by atoms with Crippen LogP contribution in [0.2, 0.25) is 0 Å². The number of aromatic nitrogens is 2. The van der Waals surface area contributed by atoms with E-state index in [1.54, 1.807) is 20.4 Å². The third-order valence-electron chi connectivity index (χ3n) is 2.94. The zero-order chi connectivity index (χ0) is 13.7. The quantitative estimate of drug-likeness (QED) is 0.887. The number of nitrogens with zero attached hydrogens (tertiary/aromatic N) is 2. The fourth-order valence-electron chi connectivity index (χ4n) is 1.99. The first kappa shape index (κ1) is 13.3. The summed E-state index contributed by atoms with van der Waals surface area (Å²) in [5.74, 6) is 1.52. The Kier molecular flexibility index (Phi) is 4.30. The lowest BCUT2D eigenvalue weighted by Gasteiger charge is -2.19. The van der Waals surface area contributed by atoms with E-state index in [9.17, 15) is 0 Å². The molecule has 0 aliphatic heterocycles. The molecule has 19 heavy (non-hydrogen) atoms. The third kappa shape index (κ3) is 2.82. The molecule has 5 heteroatoms. The van der Waals surface area contributed by atoms with Crippen LogP contribution >= 0.6 is 0 Å². The summed E-state index contributed by atoms with van der Waals surface area (Å²) < 4.78 is 10.6. The van der Waals surface area contributed by atoms with E-state index in [2.05, 4.69) is 15.3 Å². The van der Waals surface area contributed by atoms with Gasteiger partial charge >= 0.3 is 0 Å². The first-order valence-corrected chi connectivity index (χ1v) is 5.95. The van der Waals surface area contributed by atoms with Gasteiger partial charge in [-0.05, 0) is 25.2 Å². The normalized spacial score (nSPS) is 11.9. The van der Waals surface area contributed by atoms with Gasteiger partial charge in [0, 0.05) is 17.8 Å². The maximum atomic E-state index is 5.43. The van der Waals surface area contributed by atoms with Gasteiger partial charge in [-0.3, -0.25) is 0 Å². The topological polar surface area (TPSA) is 56.3 Å². The minimum absolute atomic E-state index is 0.0520. The molecule has 1 aromatic carbocycles. The van der Waals surface area contributed by atoms with Gasteiger partial charge in [0.05, 0.1) is 26.0 Å². The highest BCUT2D eigenvalue weighted by molar-refractivity contribution is 5.44. The zero-order valence-corrected chi connectivity index (χ0v) is 11.3. The number of hydrogen-bond acceptors (Lipinski definition) is 5. The molecule has 0 spiro atoms. The fraction of sp³-hybridized carbons (Fsp3) is 0.286. The van der Waals surface area contributed by atoms with Gasteiger partial charge in [-0.15, -0.1) is 0 Å². The predicted octanol–water partition coefficient (Wildman–Crippen LogP) is 1.80. The van der Waals surface area contributed by atoms with Crippen molar-refractivity contribution in [1.29, 1.82) is 0 Å². The molecule has 2 aromatic rings. The van der Waals surface area contributed by atoms with E-state index in [0.717, 1.165) is 22.8 Å². The molecule has 2 rings (SSSR count). The molecule has 5 nitrogen and oxygen atoms in total. The highest BCUT2D eigenvalue weighted by atomic mass is 16.5. The van der Waals surface area contributed by atoms with Crippen LogP contribution in [0, 0.1) is 0 Å². The first-order chi connectivity index (χ1) is 9.30. The maximum Gasteiger partial charge on any atom is 0.127 e. The Labute approximate surface area is 112 Å². The molecular formula is C14H17N3O2. The van der Waals surface area contributed by atoms with Crippen molar-refractivity contribution in [3.05, 3.63) is 48.0 Å². The van der Waals surface area contributed by atoms with Gasteiger partial charge in [0.25, 0.3) is 0 Å². The largest absolute Gasteiger partial charge is 0.497 e. The summed E-state index contributed by atoms with van der Waals surface area (Å²) in [5, 5.41) is 3.24. The number of methoxy groups -OCH3 is 2. The first-order valence-electron chi connectivity index (χ1n) is 5.95. The van der Waals surface area contributed by atoms with Crippen molar-refractivity contribution in [2.45, 2.75) is 6.04 Å². The second-order valence-electron chi connectivity index (χ2n) is 3.96. The third-order valence-corrected chi connectivity index (χ3v) is 2.94. The molecule has 1 heterocycles. The van der Waals surface area contributed by atoms with E-state index in [0.29, 0.717) is 0 Å². The van der Waals surface area contributed by atoms with Crippen molar-refractivity contribution in [3.8, 4) is 11.5 Å². The lowest BCUT2D eigenvalue weighted by molar-refractivity contribution is 0.388. The summed E-state index contributed by atoms with van der Waals surface area (Å²) >= 11 is 0. The minimum atomic E-state index is -0.0520. The molecule has 0 bridgehead atoms. The SMILES string of the molecule is CNC(c1ccncn1)c1ccc(OC)cc1OC. The van der Waals surface area contributed by atoms with Crippen molar-refractivity contribution in [2.75, 3.05) is 21.3 Å². The standard InChI is InChI=1S/C14H17N3O2/c1-15-14(12-6-7-16-9-17-12)11-5-4-10(18-2)8-13(11)19-3/h4-9,14-15H,1-3H3. The highest BCUT2D eigenvalue weighted by Gasteiger charge is 2.18. The van der Waals surface area contributed by atoms with E-state index in [1.165, 1.54) is 6.33 Å².